The highest BCUT2D eigenvalue weighted by Crippen LogP contribution is 2.21. The Morgan fingerprint density at radius 1 is 1.27 bits per heavy atom. The Morgan fingerprint density at radius 2 is 2.04 bits per heavy atom. The first-order valence-corrected chi connectivity index (χ1v) is 9.70. The van der Waals surface area contributed by atoms with Gasteiger partial charge in [-0.25, -0.2) is 18.1 Å². The summed E-state index contributed by atoms with van der Waals surface area (Å²) in [6, 6.07) is 11.4. The monoisotopic (exact) mass is 389 g/mol. The molecular formula is C18H16ClN3O3S. The highest BCUT2D eigenvalue weighted by molar-refractivity contribution is 7.93. The highest BCUT2D eigenvalue weighted by Gasteiger charge is 2.21. The normalized spacial score (nSPS) is 12.7. The van der Waals surface area contributed by atoms with Crippen molar-refractivity contribution in [3.63, 3.8) is 0 Å². The molecule has 1 atom stereocenters. The average molecular weight is 390 g/mol. The van der Waals surface area contributed by atoms with Gasteiger partial charge in [0.15, 0.2) is 9.84 Å². The van der Waals surface area contributed by atoms with Gasteiger partial charge in [0.2, 0.25) is 0 Å². The fourth-order valence-corrected chi connectivity index (χ4v) is 3.66. The molecule has 2 aromatic carbocycles. The molecule has 0 radical (unpaired) electrons. The summed E-state index contributed by atoms with van der Waals surface area (Å²) in [6.07, 6.45) is 2.99. The van der Waals surface area contributed by atoms with Crippen molar-refractivity contribution >= 4 is 44.1 Å². The number of halogens is 1. The van der Waals surface area contributed by atoms with Gasteiger partial charge in [-0.1, -0.05) is 24.8 Å². The second kappa shape index (κ2) is 6.93. The molecule has 0 saturated carbocycles. The Hall–Kier alpha value is -2.64. The summed E-state index contributed by atoms with van der Waals surface area (Å²) in [4.78, 5) is 17.0. The summed E-state index contributed by atoms with van der Waals surface area (Å²) in [5.74, 6) is 0. The number of alkyl halides is 1. The summed E-state index contributed by atoms with van der Waals surface area (Å²) in [7, 11) is -3.63. The van der Waals surface area contributed by atoms with Crippen molar-refractivity contribution in [3.05, 3.63) is 71.3 Å². The van der Waals surface area contributed by atoms with Gasteiger partial charge in [-0.05, 0) is 42.8 Å². The molecule has 8 heteroatoms. The second-order valence-electron chi connectivity index (χ2n) is 5.63. The van der Waals surface area contributed by atoms with Gasteiger partial charge in [-0.3, -0.25) is 10.2 Å². The maximum absolute atomic E-state index is 12.7. The molecule has 134 valence electrons. The van der Waals surface area contributed by atoms with E-state index in [1.807, 2.05) is 6.07 Å². The van der Waals surface area contributed by atoms with E-state index in [2.05, 4.69) is 17.0 Å². The van der Waals surface area contributed by atoms with Crippen LogP contribution in [0.25, 0.3) is 17.0 Å². The van der Waals surface area contributed by atoms with Crippen molar-refractivity contribution in [2.75, 3.05) is 5.43 Å². The van der Waals surface area contributed by atoms with E-state index in [1.165, 1.54) is 30.1 Å². The van der Waals surface area contributed by atoms with Crippen molar-refractivity contribution in [2.24, 2.45) is 0 Å². The molecule has 0 aliphatic heterocycles. The van der Waals surface area contributed by atoms with E-state index in [0.29, 0.717) is 16.6 Å². The number of nitrogens with one attached hydrogen (secondary N) is 1. The molecule has 0 aliphatic carbocycles. The first kappa shape index (κ1) is 18.2. The molecule has 0 bridgehead atoms. The van der Waals surface area contributed by atoms with E-state index < -0.39 is 14.5 Å². The summed E-state index contributed by atoms with van der Waals surface area (Å²) in [5, 5.41) is 0.426. The van der Waals surface area contributed by atoms with Gasteiger partial charge in [-0.15, -0.1) is 11.6 Å². The smallest absolute Gasteiger partial charge is 0.280 e. The van der Waals surface area contributed by atoms with Crippen LogP contribution in [-0.4, -0.2) is 22.8 Å². The van der Waals surface area contributed by atoms with Crippen LogP contribution in [0.1, 0.15) is 12.5 Å². The lowest BCUT2D eigenvalue weighted by atomic mass is 10.1. The van der Waals surface area contributed by atoms with Crippen LogP contribution in [0.5, 0.6) is 0 Å². The lowest BCUT2D eigenvalue weighted by Crippen LogP contribution is -2.26. The molecule has 0 saturated heterocycles. The zero-order valence-corrected chi connectivity index (χ0v) is 15.5. The van der Waals surface area contributed by atoms with Crippen LogP contribution in [0, 0.1) is 0 Å². The summed E-state index contributed by atoms with van der Waals surface area (Å²) in [5.41, 5.74) is 4.34. The van der Waals surface area contributed by atoms with Crippen molar-refractivity contribution in [2.45, 2.75) is 16.5 Å². The van der Waals surface area contributed by atoms with Crippen LogP contribution in [0.2, 0.25) is 0 Å². The Morgan fingerprint density at radius 3 is 2.73 bits per heavy atom. The van der Waals surface area contributed by atoms with Gasteiger partial charge in [0.05, 0.1) is 21.5 Å². The molecule has 0 fully saturated rings. The highest BCUT2D eigenvalue weighted by atomic mass is 35.5. The van der Waals surface area contributed by atoms with Crippen LogP contribution in [0.15, 0.2) is 65.1 Å². The first-order valence-electron chi connectivity index (χ1n) is 7.72. The SMILES string of the molecule is C=Cc1ccc2ncn(Nc3cccc(S(=O)(=O)C(C)Cl)c3)c(=O)c2c1. The van der Waals surface area contributed by atoms with Gasteiger partial charge in [0, 0.05) is 0 Å². The number of sulfone groups is 1. The zero-order valence-electron chi connectivity index (χ0n) is 13.9. The number of anilines is 1. The largest absolute Gasteiger partial charge is 0.290 e. The third-order valence-corrected chi connectivity index (χ3v) is 6.33. The van der Waals surface area contributed by atoms with Crippen molar-refractivity contribution < 1.29 is 8.42 Å². The fourth-order valence-electron chi connectivity index (χ4n) is 2.42. The van der Waals surface area contributed by atoms with E-state index in [-0.39, 0.29) is 10.5 Å². The minimum atomic E-state index is -3.63. The average Bonchev–Trinajstić information content (AvgIpc) is 2.64. The minimum Gasteiger partial charge on any atom is -0.290 e. The molecule has 3 aromatic rings. The molecule has 0 spiro atoms. The minimum absolute atomic E-state index is 0.0701. The number of hydrogen-bond acceptors (Lipinski definition) is 5. The molecule has 26 heavy (non-hydrogen) atoms. The molecule has 0 amide bonds. The predicted molar refractivity (Wildman–Crippen MR) is 104 cm³/mol. The number of nitrogens with zero attached hydrogens (tertiary/aromatic N) is 2. The van der Waals surface area contributed by atoms with Crippen molar-refractivity contribution in [1.82, 2.24) is 9.66 Å². The van der Waals surface area contributed by atoms with E-state index in [1.54, 1.807) is 30.3 Å². The van der Waals surface area contributed by atoms with Gasteiger partial charge in [0.25, 0.3) is 5.56 Å². The quantitative estimate of drug-likeness (QED) is 0.677. The standard InChI is InChI=1S/C18H16ClN3O3S/c1-3-13-7-8-17-16(9-13)18(23)22(11-20-17)21-14-5-4-6-15(10-14)26(24,25)12(2)19/h3-12,21H,1H2,2H3. The maximum atomic E-state index is 12.7. The molecule has 1 unspecified atom stereocenters. The van der Waals surface area contributed by atoms with Crippen LogP contribution >= 0.6 is 11.6 Å². The first-order chi connectivity index (χ1) is 12.3. The fraction of sp³-hybridized carbons (Fsp3) is 0.111. The van der Waals surface area contributed by atoms with Crippen LogP contribution in [-0.2, 0) is 9.84 Å². The van der Waals surface area contributed by atoms with Crippen molar-refractivity contribution in [1.29, 1.82) is 0 Å². The molecule has 6 nitrogen and oxygen atoms in total. The molecule has 3 rings (SSSR count). The van der Waals surface area contributed by atoms with Crippen LogP contribution in [0.4, 0.5) is 5.69 Å². The Bertz CT molecular complexity index is 1150. The number of rotatable bonds is 5. The van der Waals surface area contributed by atoms with Crippen LogP contribution < -0.4 is 11.0 Å². The van der Waals surface area contributed by atoms with E-state index in [9.17, 15) is 13.2 Å². The molecule has 1 N–H and O–H groups in total. The van der Waals surface area contributed by atoms with Gasteiger partial charge in [0.1, 0.15) is 11.0 Å². The lowest BCUT2D eigenvalue weighted by molar-refractivity contribution is 0.594. The van der Waals surface area contributed by atoms with E-state index >= 15 is 0 Å². The van der Waals surface area contributed by atoms with E-state index in [0.717, 1.165) is 5.56 Å². The summed E-state index contributed by atoms with van der Waals surface area (Å²) < 4.78 is 24.5. The summed E-state index contributed by atoms with van der Waals surface area (Å²) in [6.45, 7) is 5.09. The molecule has 1 aromatic heterocycles. The predicted octanol–water partition coefficient (Wildman–Crippen LogP) is 3.27. The maximum Gasteiger partial charge on any atom is 0.280 e. The number of fused-ring (bicyclic) bond motifs is 1. The molecule has 0 aliphatic rings. The van der Waals surface area contributed by atoms with Gasteiger partial charge >= 0.3 is 0 Å². The zero-order chi connectivity index (χ0) is 18.9. The number of aromatic nitrogens is 2. The number of hydrogen-bond donors (Lipinski definition) is 1. The Kier molecular flexibility index (Phi) is 4.84. The molecular weight excluding hydrogens is 374 g/mol. The van der Waals surface area contributed by atoms with E-state index in [4.69, 9.17) is 11.6 Å². The Labute approximate surface area is 155 Å². The third-order valence-electron chi connectivity index (χ3n) is 3.86. The van der Waals surface area contributed by atoms with Crippen LogP contribution in [0.3, 0.4) is 0 Å². The second-order valence-corrected chi connectivity index (χ2v) is 8.81. The van der Waals surface area contributed by atoms with Gasteiger partial charge < -0.3 is 0 Å². The Balaban J connectivity index is 2.03. The topological polar surface area (TPSA) is 81.1 Å². The lowest BCUT2D eigenvalue weighted by Gasteiger charge is -2.12. The molecule has 1 heterocycles. The summed E-state index contributed by atoms with van der Waals surface area (Å²) >= 11 is 5.75. The third kappa shape index (κ3) is 3.36. The van der Waals surface area contributed by atoms with Gasteiger partial charge in [-0.2, -0.15) is 0 Å². The van der Waals surface area contributed by atoms with Crippen molar-refractivity contribution in [3.8, 4) is 0 Å². The number of benzene rings is 2.